The van der Waals surface area contributed by atoms with Crippen molar-refractivity contribution in [2.75, 3.05) is 24.5 Å². The van der Waals surface area contributed by atoms with Crippen molar-refractivity contribution in [3.05, 3.63) is 29.8 Å². The first-order valence-corrected chi connectivity index (χ1v) is 6.86. The summed E-state index contributed by atoms with van der Waals surface area (Å²) in [7, 11) is 0. The third-order valence-corrected chi connectivity index (χ3v) is 3.57. The number of carboxylic acids is 1. The number of carboxylic acid groups (broad SMARTS) is 1. The maximum absolute atomic E-state index is 12.4. The molecule has 1 aliphatic rings. The second-order valence-corrected chi connectivity index (χ2v) is 5.27. The highest BCUT2D eigenvalue weighted by Gasteiger charge is 2.24. The molecule has 5 nitrogen and oxygen atoms in total. The minimum Gasteiger partial charge on any atom is -0.480 e. The van der Waals surface area contributed by atoms with E-state index in [1.54, 1.807) is 12.1 Å². The van der Waals surface area contributed by atoms with Gasteiger partial charge in [-0.05, 0) is 44.5 Å². The molecule has 1 heterocycles. The van der Waals surface area contributed by atoms with Crippen molar-refractivity contribution >= 4 is 17.6 Å². The van der Waals surface area contributed by atoms with Crippen LogP contribution in [-0.2, 0) is 9.59 Å². The largest absolute Gasteiger partial charge is 0.480 e. The van der Waals surface area contributed by atoms with Gasteiger partial charge in [0.05, 0.1) is 0 Å². The van der Waals surface area contributed by atoms with Gasteiger partial charge in [-0.1, -0.05) is 17.7 Å². The van der Waals surface area contributed by atoms with Crippen LogP contribution in [0.1, 0.15) is 18.4 Å². The number of carbonyl (C=O) groups excluding carboxylic acids is 1. The van der Waals surface area contributed by atoms with E-state index < -0.39 is 5.97 Å². The fourth-order valence-corrected chi connectivity index (χ4v) is 2.43. The molecular formula is C15H20N2O3. The number of amides is 1. The van der Waals surface area contributed by atoms with Gasteiger partial charge < -0.3 is 15.3 Å². The zero-order valence-electron chi connectivity index (χ0n) is 11.6. The minimum absolute atomic E-state index is 0.120. The number of carbonyl (C=O) groups is 2. The summed E-state index contributed by atoms with van der Waals surface area (Å²) in [6.07, 6.45) is 1.37. The fourth-order valence-electron chi connectivity index (χ4n) is 2.43. The van der Waals surface area contributed by atoms with E-state index in [2.05, 4.69) is 5.32 Å². The Kier molecular flexibility index (Phi) is 4.74. The molecule has 0 bridgehead atoms. The molecule has 1 amide bonds. The summed E-state index contributed by atoms with van der Waals surface area (Å²) in [5, 5.41) is 12.2. The van der Waals surface area contributed by atoms with Crippen LogP contribution in [0, 0.1) is 12.8 Å². The molecule has 5 heteroatoms. The molecule has 1 atom stereocenters. The van der Waals surface area contributed by atoms with Crippen LogP contribution in [-0.4, -0.2) is 36.6 Å². The number of rotatable bonds is 5. The predicted molar refractivity (Wildman–Crippen MR) is 76.8 cm³/mol. The van der Waals surface area contributed by atoms with Crippen LogP contribution in [0.5, 0.6) is 0 Å². The van der Waals surface area contributed by atoms with E-state index in [1.165, 1.54) is 4.90 Å². The van der Waals surface area contributed by atoms with Crippen molar-refractivity contribution in [2.45, 2.75) is 19.8 Å². The van der Waals surface area contributed by atoms with Gasteiger partial charge in [0, 0.05) is 12.1 Å². The second-order valence-electron chi connectivity index (χ2n) is 5.27. The van der Waals surface area contributed by atoms with E-state index in [4.69, 9.17) is 5.11 Å². The van der Waals surface area contributed by atoms with Crippen LogP contribution in [0.15, 0.2) is 24.3 Å². The maximum Gasteiger partial charge on any atom is 0.323 e. The Labute approximate surface area is 118 Å². The highest BCUT2D eigenvalue weighted by molar-refractivity contribution is 5.97. The molecule has 1 aromatic rings. The van der Waals surface area contributed by atoms with Crippen molar-refractivity contribution in [1.82, 2.24) is 5.32 Å². The zero-order chi connectivity index (χ0) is 14.5. The SMILES string of the molecule is Cc1ccc(N(CC(=O)O)C(=O)CC2CCNC2)cc1. The average Bonchev–Trinajstić information content (AvgIpc) is 2.89. The number of benzene rings is 1. The zero-order valence-corrected chi connectivity index (χ0v) is 11.6. The summed E-state index contributed by atoms with van der Waals surface area (Å²) < 4.78 is 0. The van der Waals surface area contributed by atoms with Gasteiger partial charge >= 0.3 is 5.97 Å². The van der Waals surface area contributed by atoms with Crippen LogP contribution >= 0.6 is 0 Å². The van der Waals surface area contributed by atoms with E-state index in [-0.39, 0.29) is 12.5 Å². The Hall–Kier alpha value is -1.88. The van der Waals surface area contributed by atoms with E-state index >= 15 is 0 Å². The molecule has 0 spiro atoms. The van der Waals surface area contributed by atoms with Gasteiger partial charge in [-0.3, -0.25) is 9.59 Å². The Balaban J connectivity index is 2.11. The fraction of sp³-hybridized carbons (Fsp3) is 0.467. The molecule has 1 unspecified atom stereocenters. The summed E-state index contributed by atoms with van der Waals surface area (Å²) in [5.41, 5.74) is 1.73. The molecule has 1 fully saturated rings. The molecule has 1 saturated heterocycles. The van der Waals surface area contributed by atoms with Gasteiger partial charge in [-0.15, -0.1) is 0 Å². The highest BCUT2D eigenvalue weighted by Crippen LogP contribution is 2.20. The predicted octanol–water partition coefficient (Wildman–Crippen LogP) is 1.41. The van der Waals surface area contributed by atoms with Gasteiger partial charge in [-0.2, -0.15) is 0 Å². The van der Waals surface area contributed by atoms with Crippen LogP contribution < -0.4 is 10.2 Å². The number of anilines is 1. The normalized spacial score (nSPS) is 17.9. The van der Waals surface area contributed by atoms with Crippen molar-refractivity contribution in [3.8, 4) is 0 Å². The molecule has 0 aromatic heterocycles. The summed E-state index contributed by atoms with van der Waals surface area (Å²) in [5.74, 6) is -0.808. The lowest BCUT2D eigenvalue weighted by Gasteiger charge is -2.22. The number of aliphatic carboxylic acids is 1. The third-order valence-electron chi connectivity index (χ3n) is 3.57. The van der Waals surface area contributed by atoms with Crippen molar-refractivity contribution in [2.24, 2.45) is 5.92 Å². The van der Waals surface area contributed by atoms with Crippen molar-refractivity contribution < 1.29 is 14.7 Å². The van der Waals surface area contributed by atoms with Crippen molar-refractivity contribution in [1.29, 1.82) is 0 Å². The number of hydrogen-bond donors (Lipinski definition) is 2. The molecule has 2 N–H and O–H groups in total. The number of aryl methyl sites for hydroxylation is 1. The lowest BCUT2D eigenvalue weighted by molar-refractivity contribution is -0.136. The van der Waals surface area contributed by atoms with E-state index in [1.807, 2.05) is 19.1 Å². The Morgan fingerprint density at radius 2 is 2.05 bits per heavy atom. The van der Waals surface area contributed by atoms with Crippen LogP contribution in [0.4, 0.5) is 5.69 Å². The van der Waals surface area contributed by atoms with Crippen LogP contribution in [0.3, 0.4) is 0 Å². The maximum atomic E-state index is 12.4. The molecule has 20 heavy (non-hydrogen) atoms. The monoisotopic (exact) mass is 276 g/mol. The van der Waals surface area contributed by atoms with Gasteiger partial charge in [-0.25, -0.2) is 0 Å². The van der Waals surface area contributed by atoms with Gasteiger partial charge in [0.2, 0.25) is 5.91 Å². The van der Waals surface area contributed by atoms with E-state index in [0.717, 1.165) is 25.1 Å². The highest BCUT2D eigenvalue weighted by atomic mass is 16.4. The van der Waals surface area contributed by atoms with Crippen LogP contribution in [0.25, 0.3) is 0 Å². The molecule has 0 radical (unpaired) electrons. The number of nitrogens with zero attached hydrogens (tertiary/aromatic N) is 1. The summed E-state index contributed by atoms with van der Waals surface area (Å²) >= 11 is 0. The molecular weight excluding hydrogens is 256 g/mol. The first kappa shape index (κ1) is 14.5. The van der Waals surface area contributed by atoms with Crippen LogP contribution in [0.2, 0.25) is 0 Å². The third kappa shape index (κ3) is 3.81. The van der Waals surface area contributed by atoms with Crippen molar-refractivity contribution in [3.63, 3.8) is 0 Å². The van der Waals surface area contributed by atoms with Gasteiger partial charge in [0.25, 0.3) is 0 Å². The summed E-state index contributed by atoms with van der Waals surface area (Å²) in [4.78, 5) is 24.7. The number of hydrogen-bond acceptors (Lipinski definition) is 3. The van der Waals surface area contributed by atoms with Gasteiger partial charge in [0.15, 0.2) is 0 Å². The summed E-state index contributed by atoms with van der Waals surface area (Å²) in [6.45, 7) is 3.43. The van der Waals surface area contributed by atoms with E-state index in [9.17, 15) is 9.59 Å². The number of nitrogens with one attached hydrogen (secondary N) is 1. The smallest absolute Gasteiger partial charge is 0.323 e. The summed E-state index contributed by atoms with van der Waals surface area (Å²) in [6, 6.07) is 7.36. The first-order valence-electron chi connectivity index (χ1n) is 6.86. The van der Waals surface area contributed by atoms with Gasteiger partial charge in [0.1, 0.15) is 6.54 Å². The molecule has 0 aliphatic carbocycles. The quantitative estimate of drug-likeness (QED) is 0.853. The molecule has 1 aromatic carbocycles. The topological polar surface area (TPSA) is 69.6 Å². The lowest BCUT2D eigenvalue weighted by Crippen LogP contribution is -2.37. The molecule has 1 aliphatic heterocycles. The standard InChI is InChI=1S/C15H20N2O3/c1-11-2-4-13(5-3-11)17(10-15(19)20)14(18)8-12-6-7-16-9-12/h2-5,12,16H,6-10H2,1H3,(H,19,20). The first-order chi connectivity index (χ1) is 9.56. The lowest BCUT2D eigenvalue weighted by atomic mass is 10.0. The average molecular weight is 276 g/mol. The molecule has 2 rings (SSSR count). The Morgan fingerprint density at radius 1 is 1.35 bits per heavy atom. The minimum atomic E-state index is -0.997. The second kappa shape index (κ2) is 6.52. The molecule has 108 valence electrons. The van der Waals surface area contributed by atoms with E-state index in [0.29, 0.717) is 18.0 Å². The molecule has 0 saturated carbocycles. The Morgan fingerprint density at radius 3 is 2.60 bits per heavy atom. The Bertz CT molecular complexity index is 478.